The SMILES string of the molecule is CC(C)CC(O)CNCC(O)c1ccccc1Cl. The summed E-state index contributed by atoms with van der Waals surface area (Å²) in [6.07, 6.45) is -0.261. The Balaban J connectivity index is 2.34. The maximum atomic E-state index is 9.97. The third-order valence-corrected chi connectivity index (χ3v) is 3.07. The molecule has 0 saturated heterocycles. The minimum atomic E-state index is -0.648. The van der Waals surface area contributed by atoms with Crippen molar-refractivity contribution in [2.45, 2.75) is 32.5 Å². The summed E-state index contributed by atoms with van der Waals surface area (Å²) < 4.78 is 0. The topological polar surface area (TPSA) is 52.5 Å². The summed E-state index contributed by atoms with van der Waals surface area (Å²) in [6.45, 7) is 5.02. The highest BCUT2D eigenvalue weighted by atomic mass is 35.5. The zero-order chi connectivity index (χ0) is 13.5. The van der Waals surface area contributed by atoms with Crippen molar-refractivity contribution < 1.29 is 10.2 Å². The van der Waals surface area contributed by atoms with E-state index in [9.17, 15) is 10.2 Å². The lowest BCUT2D eigenvalue weighted by Gasteiger charge is -2.17. The Hall–Kier alpha value is -0.610. The molecular formula is C14H22ClNO2. The lowest BCUT2D eigenvalue weighted by Crippen LogP contribution is -2.31. The zero-order valence-corrected chi connectivity index (χ0v) is 11.7. The molecular weight excluding hydrogens is 250 g/mol. The molecule has 2 unspecified atom stereocenters. The summed E-state index contributed by atoms with van der Waals surface area (Å²) in [5, 5.41) is 23.3. The van der Waals surface area contributed by atoms with Crippen LogP contribution in [0.3, 0.4) is 0 Å². The van der Waals surface area contributed by atoms with E-state index in [1.165, 1.54) is 0 Å². The van der Waals surface area contributed by atoms with E-state index in [4.69, 9.17) is 11.6 Å². The molecule has 0 heterocycles. The first-order valence-electron chi connectivity index (χ1n) is 6.32. The molecule has 0 aliphatic rings. The van der Waals surface area contributed by atoms with Gasteiger partial charge in [-0.15, -0.1) is 0 Å². The minimum absolute atomic E-state index is 0.372. The molecule has 0 saturated carbocycles. The van der Waals surface area contributed by atoms with Gasteiger partial charge in [-0.05, 0) is 18.4 Å². The van der Waals surface area contributed by atoms with E-state index in [2.05, 4.69) is 19.2 Å². The predicted octanol–water partition coefficient (Wildman–Crippen LogP) is 2.37. The Kier molecular flexibility index (Phi) is 6.65. The lowest BCUT2D eigenvalue weighted by molar-refractivity contribution is 0.131. The third kappa shape index (κ3) is 5.36. The molecule has 2 atom stereocenters. The zero-order valence-electron chi connectivity index (χ0n) is 10.9. The van der Waals surface area contributed by atoms with Gasteiger partial charge in [0.05, 0.1) is 12.2 Å². The number of benzene rings is 1. The molecule has 0 radical (unpaired) electrons. The fourth-order valence-electron chi connectivity index (χ4n) is 1.87. The van der Waals surface area contributed by atoms with Crippen LogP contribution in [0.4, 0.5) is 0 Å². The molecule has 0 amide bonds. The van der Waals surface area contributed by atoms with Gasteiger partial charge in [-0.1, -0.05) is 43.6 Å². The van der Waals surface area contributed by atoms with Gasteiger partial charge in [0.2, 0.25) is 0 Å². The van der Waals surface area contributed by atoms with E-state index in [0.29, 0.717) is 29.6 Å². The van der Waals surface area contributed by atoms with Crippen molar-refractivity contribution in [2.24, 2.45) is 5.92 Å². The van der Waals surface area contributed by atoms with Crippen molar-refractivity contribution >= 4 is 11.6 Å². The first-order valence-corrected chi connectivity index (χ1v) is 6.69. The van der Waals surface area contributed by atoms with Crippen LogP contribution >= 0.6 is 11.6 Å². The second-order valence-corrected chi connectivity index (χ2v) is 5.39. The van der Waals surface area contributed by atoms with Crippen LogP contribution in [0.2, 0.25) is 5.02 Å². The van der Waals surface area contributed by atoms with Crippen LogP contribution in [-0.4, -0.2) is 29.4 Å². The van der Waals surface area contributed by atoms with Crippen molar-refractivity contribution in [3.05, 3.63) is 34.9 Å². The highest BCUT2D eigenvalue weighted by Crippen LogP contribution is 2.21. The summed E-state index contributed by atoms with van der Waals surface area (Å²) in [6, 6.07) is 7.24. The largest absolute Gasteiger partial charge is 0.392 e. The highest BCUT2D eigenvalue weighted by Gasteiger charge is 2.12. The molecule has 4 heteroatoms. The van der Waals surface area contributed by atoms with Crippen molar-refractivity contribution in [1.29, 1.82) is 0 Å². The van der Waals surface area contributed by atoms with Gasteiger partial charge in [0.15, 0.2) is 0 Å². The van der Waals surface area contributed by atoms with Crippen molar-refractivity contribution in [1.82, 2.24) is 5.32 Å². The van der Waals surface area contributed by atoms with Gasteiger partial charge in [-0.25, -0.2) is 0 Å². The summed E-state index contributed by atoms with van der Waals surface area (Å²) in [7, 11) is 0. The van der Waals surface area contributed by atoms with E-state index in [-0.39, 0.29) is 6.10 Å². The Bertz CT molecular complexity index is 357. The first kappa shape index (κ1) is 15.4. The van der Waals surface area contributed by atoms with Crippen LogP contribution in [-0.2, 0) is 0 Å². The molecule has 18 heavy (non-hydrogen) atoms. The maximum absolute atomic E-state index is 9.97. The van der Waals surface area contributed by atoms with Crippen LogP contribution in [0.1, 0.15) is 31.9 Å². The first-order chi connectivity index (χ1) is 8.50. The van der Waals surface area contributed by atoms with Gasteiger partial charge in [0.25, 0.3) is 0 Å². The molecule has 3 N–H and O–H groups in total. The van der Waals surface area contributed by atoms with Gasteiger partial charge in [0, 0.05) is 23.7 Å². The van der Waals surface area contributed by atoms with Gasteiger partial charge >= 0.3 is 0 Å². The quantitative estimate of drug-likeness (QED) is 0.714. The van der Waals surface area contributed by atoms with Gasteiger partial charge in [-0.2, -0.15) is 0 Å². The van der Waals surface area contributed by atoms with E-state index >= 15 is 0 Å². The predicted molar refractivity (Wildman–Crippen MR) is 74.7 cm³/mol. The molecule has 0 bridgehead atoms. The van der Waals surface area contributed by atoms with Crippen molar-refractivity contribution in [3.63, 3.8) is 0 Å². The van der Waals surface area contributed by atoms with Crippen LogP contribution in [0.15, 0.2) is 24.3 Å². The van der Waals surface area contributed by atoms with Crippen molar-refractivity contribution in [2.75, 3.05) is 13.1 Å². The van der Waals surface area contributed by atoms with E-state index < -0.39 is 6.10 Å². The molecule has 1 aromatic carbocycles. The molecule has 0 aromatic heterocycles. The van der Waals surface area contributed by atoms with E-state index in [0.717, 1.165) is 6.42 Å². The van der Waals surface area contributed by atoms with Gasteiger partial charge in [0.1, 0.15) is 0 Å². The summed E-state index contributed by atoms with van der Waals surface area (Å²) in [5.41, 5.74) is 0.713. The van der Waals surface area contributed by atoms with Crippen LogP contribution < -0.4 is 5.32 Å². The average molecular weight is 272 g/mol. The molecule has 1 aromatic rings. The summed E-state index contributed by atoms with van der Waals surface area (Å²) in [4.78, 5) is 0. The Morgan fingerprint density at radius 3 is 2.44 bits per heavy atom. The monoisotopic (exact) mass is 271 g/mol. The number of rotatable bonds is 7. The second kappa shape index (κ2) is 7.74. The Morgan fingerprint density at radius 2 is 1.83 bits per heavy atom. The number of hydrogen-bond acceptors (Lipinski definition) is 3. The summed E-state index contributed by atoms with van der Waals surface area (Å²) in [5.74, 6) is 0.468. The fraction of sp³-hybridized carbons (Fsp3) is 0.571. The minimum Gasteiger partial charge on any atom is -0.392 e. The fourth-order valence-corrected chi connectivity index (χ4v) is 2.13. The lowest BCUT2D eigenvalue weighted by atomic mass is 10.1. The molecule has 0 fully saturated rings. The molecule has 102 valence electrons. The summed E-state index contributed by atoms with van der Waals surface area (Å²) >= 11 is 5.99. The van der Waals surface area contributed by atoms with Crippen molar-refractivity contribution in [3.8, 4) is 0 Å². The van der Waals surface area contributed by atoms with Gasteiger partial charge in [-0.3, -0.25) is 0 Å². The Labute approximate surface area is 114 Å². The third-order valence-electron chi connectivity index (χ3n) is 2.73. The average Bonchev–Trinajstić information content (AvgIpc) is 2.28. The maximum Gasteiger partial charge on any atom is 0.0928 e. The molecule has 0 aliphatic heterocycles. The van der Waals surface area contributed by atoms with E-state index in [1.54, 1.807) is 12.1 Å². The number of halogens is 1. The highest BCUT2D eigenvalue weighted by molar-refractivity contribution is 6.31. The van der Waals surface area contributed by atoms with Gasteiger partial charge < -0.3 is 15.5 Å². The number of nitrogens with one attached hydrogen (secondary N) is 1. The smallest absolute Gasteiger partial charge is 0.0928 e. The normalized spacial score (nSPS) is 14.8. The molecule has 0 spiro atoms. The van der Waals surface area contributed by atoms with Crippen LogP contribution in [0.5, 0.6) is 0 Å². The number of aliphatic hydroxyl groups is 2. The molecule has 1 rings (SSSR count). The standard InChI is InChI=1S/C14H22ClNO2/c1-10(2)7-11(17)8-16-9-14(18)12-5-3-4-6-13(12)15/h3-6,10-11,14,16-18H,7-9H2,1-2H3. The van der Waals surface area contributed by atoms with Crippen LogP contribution in [0.25, 0.3) is 0 Å². The number of hydrogen-bond donors (Lipinski definition) is 3. The number of aliphatic hydroxyl groups excluding tert-OH is 2. The molecule has 3 nitrogen and oxygen atoms in total. The molecule has 0 aliphatic carbocycles. The Morgan fingerprint density at radius 1 is 1.17 bits per heavy atom. The van der Waals surface area contributed by atoms with E-state index in [1.807, 2.05) is 12.1 Å². The van der Waals surface area contributed by atoms with Crippen LogP contribution in [0, 0.1) is 5.92 Å². The second-order valence-electron chi connectivity index (χ2n) is 4.98.